The lowest BCUT2D eigenvalue weighted by atomic mass is 10.2. The van der Waals surface area contributed by atoms with Crippen LogP contribution in [0.5, 0.6) is 0 Å². The Hall–Kier alpha value is -0.230. The fourth-order valence-electron chi connectivity index (χ4n) is 2.70. The molecule has 0 N–H and O–H groups in total. The SMILES string of the molecule is O=C(c1cc2c(s1)CCSC2)N1CCN(CCCl)CC1. The fraction of sp³-hybridized carbons (Fsp3) is 0.643. The molecule has 0 aliphatic carbocycles. The molecule has 20 heavy (non-hydrogen) atoms. The normalized spacial score (nSPS) is 19.9. The number of hydrogen-bond acceptors (Lipinski definition) is 4. The number of aryl methyl sites for hydroxylation is 1. The standard InChI is InChI=1S/C14H19ClN2OS2/c15-2-3-16-4-6-17(7-5-16)14(18)13-9-11-10-19-8-1-12(11)20-13/h9H,1-8,10H2. The Morgan fingerprint density at radius 3 is 2.80 bits per heavy atom. The topological polar surface area (TPSA) is 23.6 Å². The number of alkyl halides is 1. The Kier molecular flexibility index (Phi) is 4.91. The van der Waals surface area contributed by atoms with Crippen molar-refractivity contribution < 1.29 is 4.79 Å². The molecule has 2 aliphatic heterocycles. The van der Waals surface area contributed by atoms with E-state index in [1.54, 1.807) is 11.3 Å². The second-order valence-corrected chi connectivity index (χ2v) is 7.80. The number of nitrogens with zero attached hydrogens (tertiary/aromatic N) is 2. The summed E-state index contributed by atoms with van der Waals surface area (Å²) in [5.41, 5.74) is 1.38. The lowest BCUT2D eigenvalue weighted by molar-refractivity contribution is 0.0649. The van der Waals surface area contributed by atoms with Gasteiger partial charge in [0, 0.05) is 49.2 Å². The van der Waals surface area contributed by atoms with Crippen molar-refractivity contribution in [3.05, 3.63) is 21.4 Å². The summed E-state index contributed by atoms with van der Waals surface area (Å²) in [4.78, 5) is 19.2. The van der Waals surface area contributed by atoms with Gasteiger partial charge in [-0.1, -0.05) is 0 Å². The number of halogens is 1. The van der Waals surface area contributed by atoms with E-state index in [1.807, 2.05) is 16.7 Å². The highest BCUT2D eigenvalue weighted by Gasteiger charge is 2.24. The Morgan fingerprint density at radius 1 is 1.30 bits per heavy atom. The molecular weight excluding hydrogens is 312 g/mol. The van der Waals surface area contributed by atoms with Crippen molar-refractivity contribution in [3.63, 3.8) is 0 Å². The average Bonchev–Trinajstić information content (AvgIpc) is 2.91. The lowest BCUT2D eigenvalue weighted by Crippen LogP contribution is -2.48. The Morgan fingerprint density at radius 2 is 2.10 bits per heavy atom. The number of rotatable bonds is 3. The predicted octanol–water partition coefficient (Wildman–Crippen LogP) is 2.53. The number of carbonyl (C=O) groups is 1. The number of hydrogen-bond donors (Lipinski definition) is 0. The molecule has 1 amide bonds. The van der Waals surface area contributed by atoms with Crippen LogP contribution in [0.15, 0.2) is 6.07 Å². The van der Waals surface area contributed by atoms with Crippen molar-refractivity contribution in [2.75, 3.05) is 44.4 Å². The number of thioether (sulfide) groups is 1. The van der Waals surface area contributed by atoms with Gasteiger partial charge in [-0.2, -0.15) is 11.8 Å². The van der Waals surface area contributed by atoms with Crippen molar-refractivity contribution in [1.29, 1.82) is 0 Å². The van der Waals surface area contributed by atoms with E-state index in [4.69, 9.17) is 11.6 Å². The minimum atomic E-state index is 0.222. The Labute approximate surface area is 133 Å². The molecule has 1 saturated heterocycles. The third-order valence-corrected chi connectivity index (χ3v) is 6.30. The number of amides is 1. The first-order valence-corrected chi connectivity index (χ1v) is 9.55. The summed E-state index contributed by atoms with van der Waals surface area (Å²) in [6.45, 7) is 4.47. The molecule has 2 aliphatic rings. The molecule has 0 aromatic carbocycles. The number of carbonyl (C=O) groups excluding carboxylic acids is 1. The van der Waals surface area contributed by atoms with E-state index in [0.29, 0.717) is 5.88 Å². The van der Waals surface area contributed by atoms with Crippen LogP contribution in [0.2, 0.25) is 0 Å². The summed E-state index contributed by atoms with van der Waals surface area (Å²) in [6, 6.07) is 2.12. The molecule has 0 bridgehead atoms. The van der Waals surface area contributed by atoms with Crippen molar-refractivity contribution in [1.82, 2.24) is 9.80 Å². The van der Waals surface area contributed by atoms with E-state index < -0.39 is 0 Å². The van der Waals surface area contributed by atoms with E-state index in [2.05, 4.69) is 11.0 Å². The number of fused-ring (bicyclic) bond motifs is 1. The van der Waals surface area contributed by atoms with Gasteiger partial charge >= 0.3 is 0 Å². The van der Waals surface area contributed by atoms with Gasteiger partial charge in [0.05, 0.1) is 4.88 Å². The van der Waals surface area contributed by atoms with Crippen molar-refractivity contribution in [3.8, 4) is 0 Å². The summed E-state index contributed by atoms with van der Waals surface area (Å²) >= 11 is 9.44. The molecule has 6 heteroatoms. The second kappa shape index (κ2) is 6.69. The molecule has 0 spiro atoms. The van der Waals surface area contributed by atoms with Crippen molar-refractivity contribution in [2.24, 2.45) is 0 Å². The van der Waals surface area contributed by atoms with Gasteiger partial charge in [0.1, 0.15) is 0 Å². The van der Waals surface area contributed by atoms with Crippen LogP contribution < -0.4 is 0 Å². The smallest absolute Gasteiger partial charge is 0.264 e. The van der Waals surface area contributed by atoms with Crippen LogP contribution in [0.4, 0.5) is 0 Å². The van der Waals surface area contributed by atoms with E-state index >= 15 is 0 Å². The quantitative estimate of drug-likeness (QED) is 0.796. The van der Waals surface area contributed by atoms with Crippen LogP contribution >= 0.6 is 34.7 Å². The summed E-state index contributed by atoms with van der Waals surface area (Å²) in [6.07, 6.45) is 1.13. The van der Waals surface area contributed by atoms with Gasteiger partial charge in [0.15, 0.2) is 0 Å². The van der Waals surface area contributed by atoms with E-state index in [-0.39, 0.29) is 5.91 Å². The fourth-order valence-corrected chi connectivity index (χ4v) is 5.28. The largest absolute Gasteiger partial charge is 0.335 e. The summed E-state index contributed by atoms with van der Waals surface area (Å²) < 4.78 is 0. The molecule has 3 heterocycles. The molecule has 1 aromatic rings. The zero-order valence-corrected chi connectivity index (χ0v) is 13.8. The van der Waals surface area contributed by atoms with E-state index in [0.717, 1.165) is 49.8 Å². The van der Waals surface area contributed by atoms with Crippen molar-refractivity contribution >= 4 is 40.6 Å². The second-order valence-electron chi connectivity index (χ2n) is 5.18. The molecule has 0 saturated carbocycles. The van der Waals surface area contributed by atoms with Crippen molar-refractivity contribution in [2.45, 2.75) is 12.2 Å². The van der Waals surface area contributed by atoms with Gasteiger partial charge in [-0.25, -0.2) is 0 Å². The van der Waals surface area contributed by atoms with Gasteiger partial charge in [0.25, 0.3) is 5.91 Å². The van der Waals surface area contributed by atoms with Crippen LogP contribution in [-0.4, -0.2) is 60.1 Å². The summed E-state index contributed by atoms with van der Waals surface area (Å²) in [5.74, 6) is 3.16. The minimum absolute atomic E-state index is 0.222. The number of piperazine rings is 1. The predicted molar refractivity (Wildman–Crippen MR) is 87.2 cm³/mol. The van der Waals surface area contributed by atoms with Gasteiger partial charge in [-0.15, -0.1) is 22.9 Å². The van der Waals surface area contributed by atoms with E-state index in [9.17, 15) is 4.79 Å². The van der Waals surface area contributed by atoms with Crippen LogP contribution in [0.3, 0.4) is 0 Å². The highest BCUT2D eigenvalue weighted by molar-refractivity contribution is 7.98. The van der Waals surface area contributed by atoms with Gasteiger partial charge in [-0.05, 0) is 23.8 Å². The highest BCUT2D eigenvalue weighted by Crippen LogP contribution is 2.32. The minimum Gasteiger partial charge on any atom is -0.335 e. The molecule has 0 unspecified atom stereocenters. The molecule has 3 nitrogen and oxygen atoms in total. The maximum absolute atomic E-state index is 12.6. The highest BCUT2D eigenvalue weighted by atomic mass is 35.5. The molecule has 1 aromatic heterocycles. The first-order valence-electron chi connectivity index (χ1n) is 7.05. The zero-order chi connectivity index (χ0) is 13.9. The third kappa shape index (κ3) is 3.16. The maximum Gasteiger partial charge on any atom is 0.264 e. The van der Waals surface area contributed by atoms with Gasteiger partial charge in [-0.3, -0.25) is 9.69 Å². The Balaban J connectivity index is 1.63. The Bertz CT molecular complexity index is 460. The number of thiophene rings is 1. The average molecular weight is 331 g/mol. The first-order chi connectivity index (χ1) is 9.78. The molecular formula is C14H19ClN2OS2. The lowest BCUT2D eigenvalue weighted by Gasteiger charge is -2.34. The van der Waals surface area contributed by atoms with Crippen LogP contribution in [0, 0.1) is 0 Å². The molecule has 0 radical (unpaired) electrons. The summed E-state index contributed by atoms with van der Waals surface area (Å²) in [5, 5.41) is 0. The summed E-state index contributed by atoms with van der Waals surface area (Å²) in [7, 11) is 0. The third-order valence-electron chi connectivity index (χ3n) is 3.90. The van der Waals surface area contributed by atoms with Crippen LogP contribution in [-0.2, 0) is 12.2 Å². The first kappa shape index (κ1) is 14.7. The van der Waals surface area contributed by atoms with Gasteiger partial charge in [0.2, 0.25) is 0 Å². The molecule has 3 rings (SSSR count). The molecule has 110 valence electrons. The van der Waals surface area contributed by atoms with Crippen LogP contribution in [0.25, 0.3) is 0 Å². The van der Waals surface area contributed by atoms with Gasteiger partial charge < -0.3 is 4.90 Å². The molecule has 0 atom stereocenters. The van der Waals surface area contributed by atoms with E-state index in [1.165, 1.54) is 16.2 Å². The van der Waals surface area contributed by atoms with Crippen LogP contribution in [0.1, 0.15) is 20.1 Å². The monoisotopic (exact) mass is 330 g/mol. The zero-order valence-electron chi connectivity index (χ0n) is 11.4. The molecule has 1 fully saturated rings. The maximum atomic E-state index is 12.6.